The van der Waals surface area contributed by atoms with E-state index in [4.69, 9.17) is 5.11 Å². The Morgan fingerprint density at radius 2 is 1.79 bits per heavy atom. The molecule has 126 valence electrons. The number of carbonyl (C=O) groups is 2. The van der Waals surface area contributed by atoms with Crippen molar-refractivity contribution in [1.29, 1.82) is 0 Å². The van der Waals surface area contributed by atoms with E-state index >= 15 is 0 Å². The second kappa shape index (κ2) is 8.87. The van der Waals surface area contributed by atoms with Crippen molar-refractivity contribution < 1.29 is 14.7 Å². The van der Waals surface area contributed by atoms with Gasteiger partial charge in [-0.25, -0.2) is 0 Å². The van der Waals surface area contributed by atoms with Crippen molar-refractivity contribution in [2.24, 2.45) is 0 Å². The molecule has 2 aromatic rings. The highest BCUT2D eigenvalue weighted by atomic mass is 16.4. The molecule has 0 heterocycles. The molecule has 2 aromatic carbocycles. The highest BCUT2D eigenvalue weighted by Crippen LogP contribution is 2.20. The van der Waals surface area contributed by atoms with Gasteiger partial charge >= 0.3 is 5.97 Å². The fourth-order valence-electron chi connectivity index (χ4n) is 2.59. The Morgan fingerprint density at radius 1 is 1.04 bits per heavy atom. The number of unbranched alkanes of at least 4 members (excludes halogenated alkanes) is 2. The third-order valence-electron chi connectivity index (χ3n) is 3.91. The maximum absolute atomic E-state index is 12.2. The maximum atomic E-state index is 12.2. The number of carboxylic acids is 1. The van der Waals surface area contributed by atoms with Crippen molar-refractivity contribution in [3.8, 4) is 0 Å². The van der Waals surface area contributed by atoms with Gasteiger partial charge in [0.15, 0.2) is 0 Å². The van der Waals surface area contributed by atoms with E-state index in [0.29, 0.717) is 18.5 Å². The van der Waals surface area contributed by atoms with E-state index in [2.05, 4.69) is 23.5 Å². The molecule has 0 atom stereocenters. The molecule has 0 aliphatic heterocycles. The lowest BCUT2D eigenvalue weighted by atomic mass is 10.0. The van der Waals surface area contributed by atoms with Gasteiger partial charge in [0, 0.05) is 18.5 Å². The zero-order chi connectivity index (χ0) is 17.4. The first kappa shape index (κ1) is 17.7. The molecule has 0 unspecified atom stereocenters. The topological polar surface area (TPSA) is 66.4 Å². The van der Waals surface area contributed by atoms with Crippen LogP contribution in [-0.4, -0.2) is 23.5 Å². The minimum Gasteiger partial charge on any atom is -0.481 e. The molecule has 0 spiro atoms. The van der Waals surface area contributed by atoms with E-state index in [9.17, 15) is 9.59 Å². The van der Waals surface area contributed by atoms with Gasteiger partial charge in [0.05, 0.1) is 0 Å². The van der Waals surface area contributed by atoms with Gasteiger partial charge in [0.2, 0.25) is 5.91 Å². The number of hydrogen-bond donors (Lipinski definition) is 2. The van der Waals surface area contributed by atoms with E-state index in [-0.39, 0.29) is 12.3 Å². The summed E-state index contributed by atoms with van der Waals surface area (Å²) in [6.07, 6.45) is 4.34. The summed E-state index contributed by atoms with van der Waals surface area (Å²) < 4.78 is 0. The van der Waals surface area contributed by atoms with Gasteiger partial charge in [-0.15, -0.1) is 0 Å². The first-order valence-corrected chi connectivity index (χ1v) is 8.24. The van der Waals surface area contributed by atoms with E-state index in [1.807, 2.05) is 37.3 Å². The smallest absolute Gasteiger partial charge is 0.303 e. The molecule has 2 rings (SSSR count). The number of nitrogens with one attached hydrogen (secondary N) is 1. The molecule has 0 aromatic heterocycles. The minimum atomic E-state index is -0.770. The van der Waals surface area contributed by atoms with E-state index < -0.39 is 5.97 Å². The molecule has 4 heteroatoms. The number of hydrogen-bond acceptors (Lipinski definition) is 2. The van der Waals surface area contributed by atoms with Gasteiger partial charge < -0.3 is 10.4 Å². The molecule has 0 fully saturated rings. The lowest BCUT2D eigenvalue weighted by molar-refractivity contribution is -0.137. The van der Waals surface area contributed by atoms with Gasteiger partial charge in [0.25, 0.3) is 0 Å². The molecule has 1 amide bonds. The third kappa shape index (κ3) is 5.23. The molecule has 4 nitrogen and oxygen atoms in total. The molecule has 0 radical (unpaired) electrons. The summed E-state index contributed by atoms with van der Waals surface area (Å²) in [5.41, 5.74) is 1.69. The van der Waals surface area contributed by atoms with Gasteiger partial charge in [-0.1, -0.05) is 48.9 Å². The number of fused-ring (bicyclic) bond motifs is 1. The average molecular weight is 325 g/mol. The van der Waals surface area contributed by atoms with Crippen LogP contribution in [0.1, 0.15) is 38.2 Å². The quantitative estimate of drug-likeness (QED) is 0.569. The van der Waals surface area contributed by atoms with E-state index in [0.717, 1.165) is 29.2 Å². The molecule has 0 aliphatic carbocycles. The van der Waals surface area contributed by atoms with E-state index in [1.165, 1.54) is 0 Å². The van der Waals surface area contributed by atoms with Crippen LogP contribution in [0.15, 0.2) is 48.0 Å². The average Bonchev–Trinajstić information content (AvgIpc) is 2.57. The van der Waals surface area contributed by atoms with Crippen molar-refractivity contribution in [2.75, 3.05) is 6.54 Å². The van der Waals surface area contributed by atoms with Crippen molar-refractivity contribution >= 4 is 28.7 Å². The Bertz CT molecular complexity index is 744. The van der Waals surface area contributed by atoms with Crippen LogP contribution in [0, 0.1) is 0 Å². The Balaban J connectivity index is 1.90. The Morgan fingerprint density at radius 3 is 2.58 bits per heavy atom. The number of aliphatic carboxylic acids is 1. The summed E-state index contributed by atoms with van der Waals surface area (Å²) in [4.78, 5) is 22.6. The summed E-state index contributed by atoms with van der Waals surface area (Å²) >= 11 is 0. The second-order valence-corrected chi connectivity index (χ2v) is 5.86. The molecule has 24 heavy (non-hydrogen) atoms. The molecule has 0 saturated carbocycles. The molecule has 2 N–H and O–H groups in total. The molecule has 0 bridgehead atoms. The molecular weight excluding hydrogens is 302 g/mol. The number of rotatable bonds is 8. The summed E-state index contributed by atoms with van der Waals surface area (Å²) in [6.45, 7) is 2.38. The van der Waals surface area contributed by atoms with Gasteiger partial charge in [-0.3, -0.25) is 9.59 Å². The number of benzene rings is 2. The van der Waals surface area contributed by atoms with Gasteiger partial charge in [0.1, 0.15) is 0 Å². The van der Waals surface area contributed by atoms with Crippen LogP contribution >= 0.6 is 0 Å². The first-order chi connectivity index (χ1) is 11.6. The number of amides is 1. The molecule has 0 aliphatic rings. The summed E-state index contributed by atoms with van der Waals surface area (Å²) in [5.74, 6) is -0.853. The monoisotopic (exact) mass is 325 g/mol. The summed E-state index contributed by atoms with van der Waals surface area (Å²) in [5, 5.41) is 13.7. The van der Waals surface area contributed by atoms with Crippen LogP contribution in [0.2, 0.25) is 0 Å². The largest absolute Gasteiger partial charge is 0.481 e. The van der Waals surface area contributed by atoms with Crippen LogP contribution in [0.4, 0.5) is 0 Å². The summed E-state index contributed by atoms with van der Waals surface area (Å²) in [7, 11) is 0. The van der Waals surface area contributed by atoms with Crippen LogP contribution in [0.3, 0.4) is 0 Å². The Kier molecular flexibility index (Phi) is 6.55. The van der Waals surface area contributed by atoms with Gasteiger partial charge in [-0.2, -0.15) is 0 Å². The van der Waals surface area contributed by atoms with Crippen molar-refractivity contribution in [1.82, 2.24) is 5.32 Å². The lowest BCUT2D eigenvalue weighted by Gasteiger charge is -2.07. The van der Waals surface area contributed by atoms with Crippen LogP contribution in [0.25, 0.3) is 16.8 Å². The maximum Gasteiger partial charge on any atom is 0.303 e. The zero-order valence-electron chi connectivity index (χ0n) is 13.9. The standard InChI is InChI=1S/C20H23NO3/c1-15(20(24)21-13-6-2-3-12-19(22)23)14-17-10-7-9-16-8-4-5-11-18(16)17/h4-5,7-11,14H,2-3,6,12-13H2,1H3,(H,21,24)(H,22,23)/b15-14+. The fraction of sp³-hybridized carbons (Fsp3) is 0.300. The van der Waals surface area contributed by atoms with Crippen LogP contribution in [0.5, 0.6) is 0 Å². The number of carboxylic acid groups (broad SMARTS) is 1. The van der Waals surface area contributed by atoms with Crippen molar-refractivity contribution in [2.45, 2.75) is 32.6 Å². The fourth-order valence-corrected chi connectivity index (χ4v) is 2.59. The van der Waals surface area contributed by atoms with Crippen LogP contribution < -0.4 is 5.32 Å². The van der Waals surface area contributed by atoms with Crippen molar-refractivity contribution in [3.63, 3.8) is 0 Å². The van der Waals surface area contributed by atoms with Crippen molar-refractivity contribution in [3.05, 3.63) is 53.6 Å². The first-order valence-electron chi connectivity index (χ1n) is 8.24. The predicted octanol–water partition coefficient (Wildman–Crippen LogP) is 4.00. The zero-order valence-corrected chi connectivity index (χ0v) is 13.9. The highest BCUT2D eigenvalue weighted by Gasteiger charge is 2.05. The number of carbonyl (C=O) groups excluding carboxylic acids is 1. The highest BCUT2D eigenvalue weighted by molar-refractivity contribution is 6.00. The van der Waals surface area contributed by atoms with Gasteiger partial charge in [-0.05, 0) is 42.2 Å². The molecule has 0 saturated heterocycles. The third-order valence-corrected chi connectivity index (χ3v) is 3.91. The second-order valence-electron chi connectivity index (χ2n) is 5.86. The SMILES string of the molecule is C/C(=C\c1cccc2ccccc12)C(=O)NCCCCCC(=O)O. The summed E-state index contributed by atoms with van der Waals surface area (Å²) in [6, 6.07) is 14.1. The lowest BCUT2D eigenvalue weighted by Crippen LogP contribution is -2.25. The van der Waals surface area contributed by atoms with E-state index in [1.54, 1.807) is 0 Å². The Hall–Kier alpha value is -2.62. The minimum absolute atomic E-state index is 0.0823. The Labute approximate surface area is 142 Å². The predicted molar refractivity (Wildman–Crippen MR) is 96.7 cm³/mol. The normalized spacial score (nSPS) is 11.5. The molecular formula is C20H23NO3. The van der Waals surface area contributed by atoms with Crippen LogP contribution in [-0.2, 0) is 9.59 Å².